The van der Waals surface area contributed by atoms with Crippen molar-refractivity contribution >= 4 is 0 Å². The molecule has 0 N–H and O–H groups in total. The Morgan fingerprint density at radius 2 is 2.67 bits per heavy atom. The van der Waals surface area contributed by atoms with Gasteiger partial charge in [0, 0.05) is 7.11 Å². The monoisotopic (exact) mass is 85.1 g/mol. The summed E-state index contributed by atoms with van der Waals surface area (Å²) in [7, 11) is 1.41. The molecule has 0 aliphatic carbocycles. The van der Waals surface area contributed by atoms with E-state index in [9.17, 15) is 0 Å². The van der Waals surface area contributed by atoms with Crippen LogP contribution in [0.1, 0.15) is 8.29 Å². The first-order valence-corrected chi connectivity index (χ1v) is 1.65. The van der Waals surface area contributed by atoms with E-state index in [1.54, 1.807) is 0 Å². The third-order valence-electron chi connectivity index (χ3n) is 0.509. The highest BCUT2D eigenvalue weighted by Crippen LogP contribution is 1.78. The topological polar surface area (TPSA) is 9.23 Å². The van der Waals surface area contributed by atoms with Crippen LogP contribution in [0.3, 0.4) is 0 Å². The third kappa shape index (κ3) is 1.80. The predicted molar refractivity (Wildman–Crippen MR) is 25.3 cm³/mol. The molecule has 0 aliphatic heterocycles. The zero-order valence-corrected chi connectivity index (χ0v) is 3.99. The van der Waals surface area contributed by atoms with Gasteiger partial charge in [-0.1, -0.05) is 5.92 Å². The maximum absolute atomic E-state index is 6.97. The Bertz CT molecular complexity index is 90.7. The lowest BCUT2D eigenvalue weighted by molar-refractivity contribution is 0.164. The van der Waals surface area contributed by atoms with Gasteiger partial charge in [-0.15, -0.1) is 6.42 Å². The minimum Gasteiger partial charge on any atom is -0.369 e. The predicted octanol–water partition coefficient (Wildman–Crippen LogP) is 0.654. The van der Waals surface area contributed by atoms with Gasteiger partial charge in [0.1, 0.15) is 6.08 Å². The second kappa shape index (κ2) is 2.74. The summed E-state index contributed by atoms with van der Waals surface area (Å²) in [5, 5.41) is 0. The lowest BCUT2D eigenvalue weighted by Gasteiger charge is -1.94. The third-order valence-corrected chi connectivity index (χ3v) is 0.509. The van der Waals surface area contributed by atoms with Crippen LogP contribution < -0.4 is 0 Å². The molecule has 6 heavy (non-hydrogen) atoms. The van der Waals surface area contributed by atoms with E-state index in [2.05, 4.69) is 10.7 Å². The van der Waals surface area contributed by atoms with Crippen LogP contribution in [0.2, 0.25) is 0 Å². The normalized spacial score (nSPS) is 20.5. The Morgan fingerprint density at radius 3 is 2.67 bits per heavy atom. The van der Waals surface area contributed by atoms with E-state index in [1.165, 1.54) is 14.0 Å². The van der Waals surface area contributed by atoms with Crippen LogP contribution in [0.5, 0.6) is 0 Å². The molecule has 1 nitrogen and oxygen atoms in total. The second-order valence-corrected chi connectivity index (χ2v) is 0.905. The van der Waals surface area contributed by atoms with E-state index in [0.29, 0.717) is 0 Å². The van der Waals surface area contributed by atoms with Crippen LogP contribution in [0.4, 0.5) is 0 Å². The molecule has 34 valence electrons. The molecular formula is C5H8O. The van der Waals surface area contributed by atoms with Gasteiger partial charge in [-0.25, -0.2) is 0 Å². The Labute approximate surface area is 39.7 Å². The maximum Gasteiger partial charge on any atom is 0.114 e. The van der Waals surface area contributed by atoms with Gasteiger partial charge in [0.15, 0.2) is 0 Å². The van der Waals surface area contributed by atoms with Crippen LogP contribution in [0.15, 0.2) is 0 Å². The number of ether oxygens (including phenoxy) is 1. The molecule has 0 aliphatic rings. The van der Waals surface area contributed by atoms with E-state index in [4.69, 9.17) is 7.79 Å². The first-order chi connectivity index (χ1) is 3.12. The van der Waals surface area contributed by atoms with Gasteiger partial charge >= 0.3 is 0 Å². The van der Waals surface area contributed by atoms with Crippen molar-refractivity contribution in [3.8, 4) is 12.3 Å². The van der Waals surface area contributed by atoms with Crippen molar-refractivity contribution in [2.75, 3.05) is 7.11 Å². The molecule has 0 aromatic heterocycles. The zero-order chi connectivity index (χ0) is 5.91. The summed E-state index contributed by atoms with van der Waals surface area (Å²) in [6, 6.07) is 0. The Hall–Kier alpha value is -0.480. The van der Waals surface area contributed by atoms with E-state index in [1.807, 2.05) is 0 Å². The molecule has 0 aromatic rings. The first kappa shape index (κ1) is 3.70. The molecule has 0 saturated carbocycles. The number of terminal acetylenes is 1. The van der Waals surface area contributed by atoms with Crippen molar-refractivity contribution in [1.29, 1.82) is 0 Å². The highest BCUT2D eigenvalue weighted by molar-refractivity contribution is 4.90. The quantitative estimate of drug-likeness (QED) is 0.425. The SMILES string of the molecule is [2H]C(C)(C#C)OC. The molecule has 1 heteroatoms. The van der Waals surface area contributed by atoms with Crippen molar-refractivity contribution in [2.24, 2.45) is 0 Å². The van der Waals surface area contributed by atoms with Crippen LogP contribution in [-0.4, -0.2) is 13.2 Å². The summed E-state index contributed by atoms with van der Waals surface area (Å²) in [5.74, 6) is 2.14. The molecular weight excluding hydrogens is 76.1 g/mol. The summed E-state index contributed by atoms with van der Waals surface area (Å²) >= 11 is 0. The summed E-state index contributed by atoms with van der Waals surface area (Å²) in [6.07, 6.45) is 3.72. The van der Waals surface area contributed by atoms with Gasteiger partial charge in [-0.3, -0.25) is 0 Å². The fourth-order valence-corrected chi connectivity index (χ4v) is 0.0589. The van der Waals surface area contributed by atoms with Gasteiger partial charge in [0.25, 0.3) is 0 Å². The van der Waals surface area contributed by atoms with Crippen molar-refractivity contribution in [1.82, 2.24) is 0 Å². The fraction of sp³-hybridized carbons (Fsp3) is 0.600. The molecule has 0 spiro atoms. The van der Waals surface area contributed by atoms with Crippen molar-refractivity contribution < 1.29 is 6.11 Å². The summed E-state index contributed by atoms with van der Waals surface area (Å²) in [5.41, 5.74) is 0. The molecule has 1 unspecified atom stereocenters. The lowest BCUT2D eigenvalue weighted by Crippen LogP contribution is -1.97. The summed E-state index contributed by atoms with van der Waals surface area (Å²) in [6.45, 7) is 1.51. The summed E-state index contributed by atoms with van der Waals surface area (Å²) in [4.78, 5) is 0. The summed E-state index contributed by atoms with van der Waals surface area (Å²) < 4.78 is 11.5. The van der Waals surface area contributed by atoms with Crippen LogP contribution in [0.25, 0.3) is 0 Å². The minimum atomic E-state index is -1.14. The first-order valence-electron chi connectivity index (χ1n) is 2.15. The molecule has 0 rings (SSSR count). The van der Waals surface area contributed by atoms with Gasteiger partial charge in [-0.05, 0) is 6.92 Å². The number of hydrogen-bond donors (Lipinski definition) is 0. The molecule has 0 saturated heterocycles. The van der Waals surface area contributed by atoms with Gasteiger partial charge in [-0.2, -0.15) is 0 Å². The number of methoxy groups -OCH3 is 1. The average Bonchev–Trinajstić information content (AvgIpc) is 1.68. The standard InChI is InChI=1S/C5H8O/c1-4-5(2)6-3/h1,5H,2-3H3/i5D. The lowest BCUT2D eigenvalue weighted by atomic mass is 10.4. The van der Waals surface area contributed by atoms with Crippen LogP contribution in [-0.2, 0) is 4.74 Å². The largest absolute Gasteiger partial charge is 0.369 e. The number of rotatable bonds is 1. The van der Waals surface area contributed by atoms with Crippen LogP contribution >= 0.6 is 0 Å². The van der Waals surface area contributed by atoms with Gasteiger partial charge < -0.3 is 4.74 Å². The van der Waals surface area contributed by atoms with E-state index in [0.717, 1.165) is 0 Å². The Balaban J connectivity index is 3.66. The van der Waals surface area contributed by atoms with Gasteiger partial charge in [0.05, 0.1) is 1.37 Å². The molecule has 1 atom stereocenters. The van der Waals surface area contributed by atoms with Crippen LogP contribution in [0, 0.1) is 12.3 Å². The highest BCUT2D eigenvalue weighted by Gasteiger charge is 1.84. The van der Waals surface area contributed by atoms with E-state index < -0.39 is 6.08 Å². The van der Waals surface area contributed by atoms with E-state index in [-0.39, 0.29) is 0 Å². The fourth-order valence-electron chi connectivity index (χ4n) is 0.0589. The van der Waals surface area contributed by atoms with Crippen molar-refractivity contribution in [3.63, 3.8) is 0 Å². The smallest absolute Gasteiger partial charge is 0.114 e. The maximum atomic E-state index is 6.97. The van der Waals surface area contributed by atoms with Gasteiger partial charge in [0.2, 0.25) is 0 Å². The minimum absolute atomic E-state index is 1.14. The Kier molecular flexibility index (Phi) is 1.69. The van der Waals surface area contributed by atoms with Crippen molar-refractivity contribution in [3.05, 3.63) is 0 Å². The molecule has 0 radical (unpaired) electrons. The molecule has 0 heterocycles. The Morgan fingerprint density at radius 1 is 2.17 bits per heavy atom. The molecule has 0 aromatic carbocycles. The molecule has 0 amide bonds. The van der Waals surface area contributed by atoms with E-state index >= 15 is 0 Å². The zero-order valence-electron chi connectivity index (χ0n) is 4.99. The highest BCUT2D eigenvalue weighted by atomic mass is 16.5. The molecule has 0 fully saturated rings. The average molecular weight is 85.1 g/mol. The van der Waals surface area contributed by atoms with Crippen molar-refractivity contribution in [2.45, 2.75) is 13.0 Å². The molecule has 0 bridgehead atoms. The number of hydrogen-bond acceptors (Lipinski definition) is 1. The second-order valence-electron chi connectivity index (χ2n) is 0.905.